The van der Waals surface area contributed by atoms with Crippen molar-refractivity contribution in [2.75, 3.05) is 39.6 Å². The summed E-state index contributed by atoms with van der Waals surface area (Å²) in [5.74, 6) is 0.140. The van der Waals surface area contributed by atoms with Gasteiger partial charge in [-0.15, -0.1) is 0 Å². The summed E-state index contributed by atoms with van der Waals surface area (Å²) in [6.07, 6.45) is 57.6. The zero-order chi connectivity index (χ0) is 71.6. The van der Waals surface area contributed by atoms with Crippen molar-refractivity contribution in [1.82, 2.24) is 0 Å². The molecule has 0 fully saturated rings. The number of aliphatic hydroxyl groups is 1. The van der Waals surface area contributed by atoms with Crippen LogP contribution in [0.3, 0.4) is 0 Å². The second kappa shape index (κ2) is 68.0. The average Bonchev–Trinajstić information content (AvgIpc) is 1.27. The maximum Gasteiger partial charge on any atom is 0.472 e. The van der Waals surface area contributed by atoms with Gasteiger partial charge in [-0.3, -0.25) is 37.3 Å². The van der Waals surface area contributed by atoms with Crippen LogP contribution in [0.4, 0.5) is 0 Å². The van der Waals surface area contributed by atoms with Crippen LogP contribution in [0.25, 0.3) is 0 Å². The lowest BCUT2D eigenvalue weighted by Crippen LogP contribution is -2.30. The molecule has 0 aliphatic heterocycles. The summed E-state index contributed by atoms with van der Waals surface area (Å²) in [5, 5.41) is 10.6. The fourth-order valence-electron chi connectivity index (χ4n) is 11.4. The molecular weight excluding hydrogens is 1270 g/mol. The fourth-order valence-corrected chi connectivity index (χ4v) is 13.0. The Kier molecular flexibility index (Phi) is 66.3. The number of hydrogen-bond donors (Lipinski definition) is 3. The lowest BCUT2D eigenvalue weighted by Gasteiger charge is -2.21. The molecule has 2 unspecified atom stereocenters. The predicted molar refractivity (Wildman–Crippen MR) is 395 cm³/mol. The van der Waals surface area contributed by atoms with Gasteiger partial charge in [0.2, 0.25) is 0 Å². The fraction of sp³-hybridized carbons (Fsp3) is 0.897. The van der Waals surface area contributed by atoms with E-state index in [9.17, 15) is 43.2 Å². The smallest absolute Gasteiger partial charge is 0.462 e. The van der Waals surface area contributed by atoms with E-state index in [1.807, 2.05) is 0 Å². The van der Waals surface area contributed by atoms with Crippen molar-refractivity contribution in [3.8, 4) is 0 Å². The van der Waals surface area contributed by atoms with Crippen LogP contribution in [-0.4, -0.2) is 96.7 Å². The van der Waals surface area contributed by atoms with Crippen molar-refractivity contribution in [2.45, 2.75) is 394 Å². The zero-order valence-corrected chi connectivity index (χ0v) is 64.8. The minimum absolute atomic E-state index is 0.100. The number of carbonyl (C=O) groups excluding carboxylic acids is 4. The third-order valence-electron chi connectivity index (χ3n) is 17.5. The van der Waals surface area contributed by atoms with E-state index in [4.69, 9.17) is 37.0 Å². The normalized spacial score (nSPS) is 14.2. The van der Waals surface area contributed by atoms with Gasteiger partial charge in [-0.2, -0.15) is 0 Å². The molecule has 5 atom stereocenters. The molecule has 0 amide bonds. The summed E-state index contributed by atoms with van der Waals surface area (Å²) < 4.78 is 68.6. The summed E-state index contributed by atoms with van der Waals surface area (Å²) in [6, 6.07) is 0. The van der Waals surface area contributed by atoms with Gasteiger partial charge in [0.1, 0.15) is 19.3 Å². The zero-order valence-electron chi connectivity index (χ0n) is 63.0. The quantitative estimate of drug-likeness (QED) is 0.0169. The Morgan fingerprint density at radius 1 is 0.320 bits per heavy atom. The van der Waals surface area contributed by atoms with Crippen molar-refractivity contribution in [3.05, 3.63) is 24.3 Å². The molecule has 0 heterocycles. The molecule has 0 saturated carbocycles. The molecule has 19 heteroatoms. The number of allylic oxidation sites excluding steroid dienone is 4. The van der Waals surface area contributed by atoms with Crippen LogP contribution < -0.4 is 0 Å². The maximum atomic E-state index is 13.1. The van der Waals surface area contributed by atoms with E-state index in [1.165, 1.54) is 167 Å². The summed E-state index contributed by atoms with van der Waals surface area (Å²) in [7, 11) is -9.93. The molecule has 0 aromatic carbocycles. The van der Waals surface area contributed by atoms with Crippen molar-refractivity contribution >= 4 is 39.5 Å². The molecule has 572 valence electrons. The number of phosphoric acid groups is 2. The third-order valence-corrected chi connectivity index (χ3v) is 19.4. The highest BCUT2D eigenvalue weighted by Gasteiger charge is 2.30. The van der Waals surface area contributed by atoms with Crippen molar-refractivity contribution in [1.29, 1.82) is 0 Å². The van der Waals surface area contributed by atoms with Crippen LogP contribution in [0.1, 0.15) is 376 Å². The molecule has 17 nitrogen and oxygen atoms in total. The number of carbonyl (C=O) groups is 4. The Morgan fingerprint density at radius 3 is 0.835 bits per heavy atom. The topological polar surface area (TPSA) is 237 Å². The largest absolute Gasteiger partial charge is 0.472 e. The number of ether oxygens (including phenoxy) is 4. The first-order valence-corrected chi connectivity index (χ1v) is 42.7. The molecule has 3 N–H and O–H groups in total. The third kappa shape index (κ3) is 71.7. The molecule has 0 rings (SSSR count). The first kappa shape index (κ1) is 94.5. The molecule has 0 aliphatic rings. The van der Waals surface area contributed by atoms with E-state index in [1.54, 1.807) is 0 Å². The minimum Gasteiger partial charge on any atom is -0.462 e. The van der Waals surface area contributed by atoms with E-state index in [2.05, 4.69) is 72.8 Å². The summed E-state index contributed by atoms with van der Waals surface area (Å²) in [5.41, 5.74) is 0. The van der Waals surface area contributed by atoms with E-state index < -0.39 is 97.5 Å². The van der Waals surface area contributed by atoms with Gasteiger partial charge in [-0.05, 0) is 69.1 Å². The van der Waals surface area contributed by atoms with Crippen molar-refractivity contribution < 1.29 is 80.2 Å². The van der Waals surface area contributed by atoms with Crippen LogP contribution in [0, 0.1) is 17.8 Å². The van der Waals surface area contributed by atoms with Crippen molar-refractivity contribution in [2.24, 2.45) is 17.8 Å². The second-order valence-corrected chi connectivity index (χ2v) is 31.7. The number of phosphoric ester groups is 2. The number of esters is 4. The van der Waals surface area contributed by atoms with E-state index in [0.717, 1.165) is 127 Å². The lowest BCUT2D eigenvalue weighted by atomic mass is 10.0. The average molecular weight is 1420 g/mol. The SMILES string of the molecule is CCCCCC/C=C\C=C/CCCCCCCC(=O)OC[C@H](COP(=O)(O)OC[C@@H](O)COP(=O)(O)OC[C@@H](COC(=O)CCCCCCCCCCCC(C)C)OC(=O)CCCCCCCCCCCCC(C)C)OC(=O)CCCCCCCCCCCCCCCCC(C)C. The summed E-state index contributed by atoms with van der Waals surface area (Å²) >= 11 is 0. The van der Waals surface area contributed by atoms with Gasteiger partial charge in [-0.25, -0.2) is 9.13 Å². The molecule has 0 aromatic heterocycles. The molecular formula is C78H148O17P2. The van der Waals surface area contributed by atoms with E-state index in [-0.39, 0.29) is 25.7 Å². The minimum atomic E-state index is -4.97. The van der Waals surface area contributed by atoms with Gasteiger partial charge in [0.25, 0.3) is 0 Å². The highest BCUT2D eigenvalue weighted by atomic mass is 31.2. The van der Waals surface area contributed by atoms with Gasteiger partial charge < -0.3 is 33.8 Å². The lowest BCUT2D eigenvalue weighted by molar-refractivity contribution is -0.161. The monoisotopic (exact) mass is 1420 g/mol. The van der Waals surface area contributed by atoms with Gasteiger partial charge in [0, 0.05) is 25.7 Å². The van der Waals surface area contributed by atoms with Crippen LogP contribution in [0.5, 0.6) is 0 Å². The Morgan fingerprint density at radius 2 is 0.557 bits per heavy atom. The highest BCUT2D eigenvalue weighted by molar-refractivity contribution is 7.47. The summed E-state index contributed by atoms with van der Waals surface area (Å²) in [4.78, 5) is 72.9. The molecule has 0 aliphatic carbocycles. The van der Waals surface area contributed by atoms with Gasteiger partial charge in [-0.1, -0.05) is 323 Å². The number of rotatable bonds is 74. The van der Waals surface area contributed by atoms with Crippen LogP contribution in [0.2, 0.25) is 0 Å². The Hall–Kier alpha value is -2.46. The molecule has 0 radical (unpaired) electrons. The first-order chi connectivity index (χ1) is 46.7. The standard InChI is InChI=1S/C78H148O17P2/c1-8-9-10-11-12-13-14-15-16-20-23-31-38-45-52-59-75(80)88-65-73(94-77(82)61-54-47-40-32-24-21-18-17-19-22-28-35-42-49-56-69(2)3)67-92-96(84,85)90-63-72(79)64-91-97(86,87)93-68-74(66-89-76(81)60-53-46-39-34-27-30-37-44-51-58-71(6)7)95-78(83)62-55-48-41-33-26-25-29-36-43-50-57-70(4)5/h13-16,69-74,79H,8-12,17-68H2,1-7H3,(H,84,85)(H,86,87)/b14-13-,16-15-/t72-,73-,74-/m1/s1. The molecule has 0 saturated heterocycles. The maximum absolute atomic E-state index is 13.1. The Balaban J connectivity index is 5.30. The second-order valence-electron chi connectivity index (χ2n) is 28.8. The first-order valence-electron chi connectivity index (χ1n) is 39.7. The van der Waals surface area contributed by atoms with Gasteiger partial charge in [0.15, 0.2) is 12.2 Å². The van der Waals surface area contributed by atoms with Crippen LogP contribution in [-0.2, 0) is 65.4 Å². The highest BCUT2D eigenvalue weighted by Crippen LogP contribution is 2.45. The van der Waals surface area contributed by atoms with Gasteiger partial charge >= 0.3 is 39.5 Å². The molecule has 97 heavy (non-hydrogen) atoms. The van der Waals surface area contributed by atoms with E-state index in [0.29, 0.717) is 25.7 Å². The predicted octanol–water partition coefficient (Wildman–Crippen LogP) is 22.5. The van der Waals surface area contributed by atoms with Gasteiger partial charge in [0.05, 0.1) is 26.4 Å². The Bertz CT molecular complexity index is 1980. The molecule has 0 spiro atoms. The molecule has 0 aromatic rings. The van der Waals surface area contributed by atoms with Crippen molar-refractivity contribution in [3.63, 3.8) is 0 Å². The van der Waals surface area contributed by atoms with E-state index >= 15 is 0 Å². The van der Waals surface area contributed by atoms with Crippen LogP contribution in [0.15, 0.2) is 24.3 Å². The number of hydrogen-bond acceptors (Lipinski definition) is 15. The summed E-state index contributed by atoms with van der Waals surface area (Å²) in [6.45, 7) is 11.8. The van der Waals surface area contributed by atoms with Crippen LogP contribution >= 0.6 is 15.6 Å². The Labute approximate surface area is 592 Å². The number of aliphatic hydroxyl groups excluding tert-OH is 1. The molecule has 0 bridgehead atoms. The number of unbranched alkanes of at least 4 members (excludes halogenated alkanes) is 39.